The number of nitrogens with zero attached hydrogens (tertiary/aromatic N) is 2. The van der Waals surface area contributed by atoms with Crippen LogP contribution in [0.3, 0.4) is 0 Å². The molecular weight excluding hydrogens is 339 g/mol. The standard InChI is InChI=1S/C16H12F3N3OS/c1-22-9-5-8-11(22)24-15-12(16(17,18)19)14(23)20-13(21-15)10-6-3-2-4-7-10/h2-9H,1H3,(H,20,21,23). The van der Waals surface area contributed by atoms with Gasteiger partial charge in [-0.15, -0.1) is 0 Å². The van der Waals surface area contributed by atoms with Gasteiger partial charge in [0, 0.05) is 18.8 Å². The van der Waals surface area contributed by atoms with Crippen LogP contribution >= 0.6 is 11.8 Å². The largest absolute Gasteiger partial charge is 0.424 e. The SMILES string of the molecule is Cn1cccc1Sc1nc(-c2ccccc2)[nH]c(=O)c1C(F)(F)F. The van der Waals surface area contributed by atoms with Gasteiger partial charge < -0.3 is 9.55 Å². The highest BCUT2D eigenvalue weighted by atomic mass is 32.2. The topological polar surface area (TPSA) is 50.7 Å². The first-order valence-corrected chi connectivity index (χ1v) is 7.74. The van der Waals surface area contributed by atoms with E-state index in [1.54, 1.807) is 60.3 Å². The Labute approximate surface area is 139 Å². The first-order chi connectivity index (χ1) is 11.4. The lowest BCUT2D eigenvalue weighted by atomic mass is 10.2. The van der Waals surface area contributed by atoms with Crippen LogP contribution in [0.2, 0.25) is 0 Å². The van der Waals surface area contributed by atoms with Gasteiger partial charge in [-0.25, -0.2) is 4.98 Å². The summed E-state index contributed by atoms with van der Waals surface area (Å²) >= 11 is 0.809. The lowest BCUT2D eigenvalue weighted by molar-refractivity contribution is -0.141. The number of halogens is 3. The van der Waals surface area contributed by atoms with Crippen LogP contribution in [0.15, 0.2) is 63.5 Å². The van der Waals surface area contributed by atoms with E-state index in [-0.39, 0.29) is 10.9 Å². The average Bonchev–Trinajstić information content (AvgIpc) is 2.91. The molecule has 2 heterocycles. The van der Waals surface area contributed by atoms with E-state index in [1.165, 1.54) is 0 Å². The average molecular weight is 351 g/mol. The lowest BCUT2D eigenvalue weighted by Crippen LogP contribution is -2.24. The zero-order valence-corrected chi connectivity index (χ0v) is 13.3. The van der Waals surface area contributed by atoms with Crippen LogP contribution in [0, 0.1) is 0 Å². The summed E-state index contributed by atoms with van der Waals surface area (Å²) in [5.74, 6) is 0.102. The molecule has 0 aliphatic heterocycles. The van der Waals surface area contributed by atoms with Gasteiger partial charge in [-0.1, -0.05) is 42.1 Å². The van der Waals surface area contributed by atoms with E-state index in [0.717, 1.165) is 11.8 Å². The normalized spacial score (nSPS) is 11.7. The molecule has 0 bridgehead atoms. The van der Waals surface area contributed by atoms with Crippen molar-refractivity contribution >= 4 is 11.8 Å². The number of nitrogens with one attached hydrogen (secondary N) is 1. The fourth-order valence-electron chi connectivity index (χ4n) is 2.16. The molecule has 1 N–H and O–H groups in total. The highest BCUT2D eigenvalue weighted by Crippen LogP contribution is 2.37. The van der Waals surface area contributed by atoms with Gasteiger partial charge in [0.2, 0.25) is 0 Å². The summed E-state index contributed by atoms with van der Waals surface area (Å²) in [6.07, 6.45) is -3.08. The van der Waals surface area contributed by atoms with E-state index >= 15 is 0 Å². The predicted molar refractivity (Wildman–Crippen MR) is 84.8 cm³/mol. The van der Waals surface area contributed by atoms with Gasteiger partial charge in [0.05, 0.1) is 5.03 Å². The summed E-state index contributed by atoms with van der Waals surface area (Å²) in [5, 5.41) is 0.185. The second-order valence-corrected chi connectivity index (χ2v) is 6.03. The molecule has 0 radical (unpaired) electrons. The quantitative estimate of drug-likeness (QED) is 0.727. The van der Waals surface area contributed by atoms with Crippen LogP contribution < -0.4 is 5.56 Å². The van der Waals surface area contributed by atoms with Crippen molar-refractivity contribution in [2.45, 2.75) is 16.2 Å². The van der Waals surface area contributed by atoms with Crippen LogP contribution in [-0.4, -0.2) is 14.5 Å². The second kappa shape index (κ2) is 6.20. The summed E-state index contributed by atoms with van der Waals surface area (Å²) in [7, 11) is 1.71. The van der Waals surface area contributed by atoms with E-state index in [0.29, 0.717) is 10.6 Å². The van der Waals surface area contributed by atoms with Crippen molar-refractivity contribution in [1.82, 2.24) is 14.5 Å². The number of alkyl halides is 3. The molecule has 0 unspecified atom stereocenters. The number of aromatic nitrogens is 3. The predicted octanol–water partition coefficient (Wildman–Crippen LogP) is 3.95. The molecule has 1 aromatic carbocycles. The molecule has 3 aromatic rings. The Bertz CT molecular complexity index is 916. The van der Waals surface area contributed by atoms with Crippen molar-refractivity contribution < 1.29 is 13.2 Å². The molecule has 0 saturated carbocycles. The molecule has 4 nitrogen and oxygen atoms in total. The lowest BCUT2D eigenvalue weighted by Gasteiger charge is -2.12. The molecule has 0 aliphatic carbocycles. The Kier molecular flexibility index (Phi) is 4.23. The number of hydrogen-bond donors (Lipinski definition) is 1. The Morgan fingerprint density at radius 1 is 1.12 bits per heavy atom. The van der Waals surface area contributed by atoms with Crippen LogP contribution in [0.4, 0.5) is 13.2 Å². The van der Waals surface area contributed by atoms with Gasteiger partial charge in [0.1, 0.15) is 10.9 Å². The molecule has 0 atom stereocenters. The highest BCUT2D eigenvalue weighted by molar-refractivity contribution is 7.99. The van der Waals surface area contributed by atoms with Crippen molar-refractivity contribution in [3.05, 3.63) is 64.6 Å². The Morgan fingerprint density at radius 2 is 1.83 bits per heavy atom. The third kappa shape index (κ3) is 3.23. The molecule has 124 valence electrons. The van der Waals surface area contributed by atoms with Gasteiger partial charge in [0.25, 0.3) is 5.56 Å². The first kappa shape index (κ1) is 16.4. The van der Waals surface area contributed by atoms with Crippen LogP contribution in [0.1, 0.15) is 5.56 Å². The number of hydrogen-bond acceptors (Lipinski definition) is 3. The molecule has 24 heavy (non-hydrogen) atoms. The molecule has 0 saturated heterocycles. The maximum atomic E-state index is 13.3. The Morgan fingerprint density at radius 3 is 2.42 bits per heavy atom. The van der Waals surface area contributed by atoms with E-state index in [9.17, 15) is 18.0 Å². The highest BCUT2D eigenvalue weighted by Gasteiger charge is 2.38. The third-order valence-corrected chi connectivity index (χ3v) is 4.44. The summed E-state index contributed by atoms with van der Waals surface area (Å²) in [6.45, 7) is 0. The van der Waals surface area contributed by atoms with E-state index < -0.39 is 17.3 Å². The molecule has 0 aliphatic rings. The molecular formula is C16H12F3N3OS. The zero-order valence-electron chi connectivity index (χ0n) is 12.5. The minimum atomic E-state index is -4.79. The van der Waals surface area contributed by atoms with Crippen LogP contribution in [0.25, 0.3) is 11.4 Å². The minimum absolute atomic E-state index is 0.102. The number of aryl methyl sites for hydroxylation is 1. The number of rotatable bonds is 3. The zero-order chi connectivity index (χ0) is 17.3. The van der Waals surface area contributed by atoms with Gasteiger partial charge in [-0.2, -0.15) is 13.2 Å². The van der Waals surface area contributed by atoms with E-state index in [1.807, 2.05) is 0 Å². The number of H-pyrrole nitrogens is 1. The minimum Gasteiger partial charge on any atom is -0.346 e. The molecule has 0 fully saturated rings. The Hall–Kier alpha value is -2.48. The van der Waals surface area contributed by atoms with Crippen molar-refractivity contribution in [1.29, 1.82) is 0 Å². The summed E-state index contributed by atoms with van der Waals surface area (Å²) < 4.78 is 41.5. The maximum Gasteiger partial charge on any atom is 0.424 e. The van der Waals surface area contributed by atoms with E-state index in [4.69, 9.17) is 0 Å². The first-order valence-electron chi connectivity index (χ1n) is 6.92. The van der Waals surface area contributed by atoms with Gasteiger partial charge in [-0.3, -0.25) is 4.79 Å². The maximum absolute atomic E-state index is 13.3. The fraction of sp³-hybridized carbons (Fsp3) is 0.125. The van der Waals surface area contributed by atoms with E-state index in [2.05, 4.69) is 9.97 Å². The molecule has 3 rings (SSSR count). The van der Waals surface area contributed by atoms with Crippen molar-refractivity contribution in [2.24, 2.45) is 7.05 Å². The summed E-state index contributed by atoms with van der Waals surface area (Å²) in [5.41, 5.74) is -1.95. The van der Waals surface area contributed by atoms with Crippen molar-refractivity contribution in [2.75, 3.05) is 0 Å². The smallest absolute Gasteiger partial charge is 0.346 e. The van der Waals surface area contributed by atoms with Gasteiger partial charge >= 0.3 is 6.18 Å². The molecule has 2 aromatic heterocycles. The molecule has 0 amide bonds. The van der Waals surface area contributed by atoms with Crippen molar-refractivity contribution in [3.63, 3.8) is 0 Å². The monoisotopic (exact) mass is 351 g/mol. The van der Waals surface area contributed by atoms with Crippen LogP contribution in [0.5, 0.6) is 0 Å². The molecule has 0 spiro atoms. The number of benzene rings is 1. The molecule has 8 heteroatoms. The third-order valence-electron chi connectivity index (χ3n) is 3.31. The van der Waals surface area contributed by atoms with Crippen molar-refractivity contribution in [3.8, 4) is 11.4 Å². The second-order valence-electron chi connectivity index (χ2n) is 5.02. The Balaban J connectivity index is 2.18. The number of aromatic amines is 1. The fourth-order valence-corrected chi connectivity index (χ4v) is 3.16. The van der Waals surface area contributed by atoms with Crippen LogP contribution in [-0.2, 0) is 13.2 Å². The summed E-state index contributed by atoms with van der Waals surface area (Å²) in [6, 6.07) is 11.9. The summed E-state index contributed by atoms with van der Waals surface area (Å²) in [4.78, 5) is 18.3. The van der Waals surface area contributed by atoms with Gasteiger partial charge in [-0.05, 0) is 12.1 Å². The van der Waals surface area contributed by atoms with Gasteiger partial charge in [0.15, 0.2) is 5.56 Å².